The quantitative estimate of drug-likeness (QED) is 0.745. The number of hydrogen-bond acceptors (Lipinski definition) is 5. The highest BCUT2D eigenvalue weighted by atomic mass is 32.2. The minimum Gasteiger partial charge on any atom is -0.480 e. The van der Waals surface area contributed by atoms with Crippen LogP contribution in [0, 0.1) is 5.92 Å². The molecule has 0 radical (unpaired) electrons. The van der Waals surface area contributed by atoms with Gasteiger partial charge in [0.05, 0.1) is 18.9 Å². The van der Waals surface area contributed by atoms with Gasteiger partial charge in [-0.25, -0.2) is 9.59 Å². The Hall–Kier alpha value is -1.44. The molecule has 2 heterocycles. The van der Waals surface area contributed by atoms with Crippen molar-refractivity contribution in [1.29, 1.82) is 0 Å². The number of likely N-dealkylation sites (tertiary alicyclic amines) is 1. The first kappa shape index (κ1) is 15.0. The number of urea groups is 1. The average Bonchev–Trinajstić information content (AvgIpc) is 2.95. The number of aliphatic carboxylic acids is 1. The summed E-state index contributed by atoms with van der Waals surface area (Å²) >= 11 is 1.43. The van der Waals surface area contributed by atoms with Crippen molar-refractivity contribution in [2.45, 2.75) is 18.9 Å². The molecule has 2 fully saturated rings. The van der Waals surface area contributed by atoms with Gasteiger partial charge in [0.15, 0.2) is 0 Å². The molecule has 112 valence electrons. The molecule has 20 heavy (non-hydrogen) atoms. The minimum atomic E-state index is -0.982. The Balaban J connectivity index is 2.01. The molecule has 0 aliphatic carbocycles. The second-order valence-corrected chi connectivity index (χ2v) is 5.91. The van der Waals surface area contributed by atoms with Gasteiger partial charge in [-0.05, 0) is 12.8 Å². The Morgan fingerprint density at radius 2 is 2.10 bits per heavy atom. The number of rotatable bonds is 2. The average molecular weight is 302 g/mol. The van der Waals surface area contributed by atoms with E-state index in [0.717, 1.165) is 6.42 Å². The van der Waals surface area contributed by atoms with E-state index in [2.05, 4.69) is 0 Å². The highest BCUT2D eigenvalue weighted by molar-refractivity contribution is 7.99. The first-order valence-electron chi connectivity index (χ1n) is 6.48. The van der Waals surface area contributed by atoms with Crippen LogP contribution in [-0.2, 0) is 14.3 Å². The molecule has 0 aromatic heterocycles. The third kappa shape index (κ3) is 3.00. The summed E-state index contributed by atoms with van der Waals surface area (Å²) in [4.78, 5) is 38.0. The number of amides is 2. The smallest absolute Gasteiger partial charge is 0.327 e. The minimum absolute atomic E-state index is 0.295. The van der Waals surface area contributed by atoms with Crippen molar-refractivity contribution >= 4 is 29.7 Å². The van der Waals surface area contributed by atoms with Crippen LogP contribution in [0.25, 0.3) is 0 Å². The maximum absolute atomic E-state index is 12.4. The summed E-state index contributed by atoms with van der Waals surface area (Å²) in [7, 11) is 1.33. The highest BCUT2D eigenvalue weighted by Gasteiger charge is 2.38. The summed E-state index contributed by atoms with van der Waals surface area (Å²) in [5.74, 6) is -0.806. The number of hydrogen-bond donors (Lipinski definition) is 1. The molecular weight excluding hydrogens is 284 g/mol. The molecule has 0 bridgehead atoms. The molecule has 2 aliphatic heterocycles. The molecule has 2 atom stereocenters. The van der Waals surface area contributed by atoms with Gasteiger partial charge in [0.25, 0.3) is 0 Å². The van der Waals surface area contributed by atoms with Crippen LogP contribution in [0.5, 0.6) is 0 Å². The van der Waals surface area contributed by atoms with Crippen molar-refractivity contribution in [2.75, 3.05) is 31.8 Å². The predicted molar refractivity (Wildman–Crippen MR) is 72.3 cm³/mol. The van der Waals surface area contributed by atoms with Crippen LogP contribution < -0.4 is 0 Å². The molecule has 0 saturated carbocycles. The normalized spacial score (nSPS) is 26.4. The third-order valence-corrected chi connectivity index (χ3v) is 4.65. The third-order valence-electron chi connectivity index (χ3n) is 3.64. The standard InChI is InChI=1S/C12H18N2O5S/c1-19-11(17)8-3-2-4-13(5-8)12(18)14-7-20-6-9(14)10(15)16/h8-9H,2-7H2,1H3,(H,15,16)/t8?,9-/m0/s1. The van der Waals surface area contributed by atoms with Gasteiger partial charge in [-0.3, -0.25) is 4.79 Å². The van der Waals surface area contributed by atoms with E-state index in [4.69, 9.17) is 9.84 Å². The number of carbonyl (C=O) groups excluding carboxylic acids is 2. The lowest BCUT2D eigenvalue weighted by molar-refractivity contribution is -0.147. The molecule has 0 aromatic rings. The van der Waals surface area contributed by atoms with E-state index in [9.17, 15) is 14.4 Å². The van der Waals surface area contributed by atoms with Crippen molar-refractivity contribution in [3.8, 4) is 0 Å². The zero-order valence-corrected chi connectivity index (χ0v) is 12.1. The summed E-state index contributed by atoms with van der Waals surface area (Å²) < 4.78 is 4.71. The lowest BCUT2D eigenvalue weighted by Gasteiger charge is -2.35. The summed E-state index contributed by atoms with van der Waals surface area (Å²) in [6, 6.07) is -1.07. The monoisotopic (exact) mass is 302 g/mol. The Labute approximate surface area is 121 Å². The van der Waals surface area contributed by atoms with E-state index in [1.54, 1.807) is 4.90 Å². The van der Waals surface area contributed by atoms with Gasteiger partial charge in [0.1, 0.15) is 6.04 Å². The second-order valence-electron chi connectivity index (χ2n) is 4.91. The summed E-state index contributed by atoms with van der Waals surface area (Å²) in [5.41, 5.74) is 0. The van der Waals surface area contributed by atoms with Gasteiger partial charge in [-0.15, -0.1) is 11.8 Å². The van der Waals surface area contributed by atoms with Crippen molar-refractivity contribution < 1.29 is 24.2 Å². The Morgan fingerprint density at radius 3 is 2.75 bits per heavy atom. The lowest BCUT2D eigenvalue weighted by Crippen LogP contribution is -2.52. The number of thioether (sulfide) groups is 1. The lowest BCUT2D eigenvalue weighted by atomic mass is 9.98. The molecular formula is C12H18N2O5S. The summed E-state index contributed by atoms with van der Waals surface area (Å²) in [6.45, 7) is 0.860. The van der Waals surface area contributed by atoms with Crippen molar-refractivity contribution in [2.24, 2.45) is 5.92 Å². The fourth-order valence-electron chi connectivity index (χ4n) is 2.53. The molecule has 1 N–H and O–H groups in total. The summed E-state index contributed by atoms with van der Waals surface area (Å²) in [6.07, 6.45) is 1.43. The van der Waals surface area contributed by atoms with E-state index in [0.29, 0.717) is 31.1 Å². The molecule has 2 rings (SSSR count). The highest BCUT2D eigenvalue weighted by Crippen LogP contribution is 2.25. The van der Waals surface area contributed by atoms with Crippen LogP contribution in [-0.4, -0.2) is 70.7 Å². The van der Waals surface area contributed by atoms with Crippen LogP contribution in [0.2, 0.25) is 0 Å². The first-order valence-corrected chi connectivity index (χ1v) is 7.64. The van der Waals surface area contributed by atoms with Crippen molar-refractivity contribution in [3.63, 3.8) is 0 Å². The molecule has 2 saturated heterocycles. The van der Waals surface area contributed by atoms with Gasteiger partial charge >= 0.3 is 18.0 Å². The number of piperidine rings is 1. The van der Waals surface area contributed by atoms with Crippen LogP contribution >= 0.6 is 11.8 Å². The van der Waals surface area contributed by atoms with E-state index < -0.39 is 12.0 Å². The Morgan fingerprint density at radius 1 is 1.35 bits per heavy atom. The maximum Gasteiger partial charge on any atom is 0.327 e. The molecule has 2 amide bonds. The fourth-order valence-corrected chi connectivity index (χ4v) is 3.67. The number of ether oxygens (including phenoxy) is 1. The number of carboxylic acids is 1. The first-order chi connectivity index (χ1) is 9.54. The van der Waals surface area contributed by atoms with Gasteiger partial charge in [0.2, 0.25) is 0 Å². The number of methoxy groups -OCH3 is 1. The van der Waals surface area contributed by atoms with Crippen LogP contribution in [0.15, 0.2) is 0 Å². The number of nitrogens with zero attached hydrogens (tertiary/aromatic N) is 2. The molecule has 0 aromatic carbocycles. The molecule has 8 heteroatoms. The van der Waals surface area contributed by atoms with E-state index in [1.807, 2.05) is 0 Å². The van der Waals surface area contributed by atoms with Crippen molar-refractivity contribution in [1.82, 2.24) is 9.80 Å². The van der Waals surface area contributed by atoms with Gasteiger partial charge in [0, 0.05) is 18.8 Å². The maximum atomic E-state index is 12.4. The van der Waals surface area contributed by atoms with Crippen molar-refractivity contribution in [3.05, 3.63) is 0 Å². The second kappa shape index (κ2) is 6.34. The van der Waals surface area contributed by atoms with Gasteiger partial charge in [-0.2, -0.15) is 0 Å². The Kier molecular flexibility index (Phi) is 4.74. The molecule has 0 spiro atoms. The van der Waals surface area contributed by atoms with Crippen LogP contribution in [0.4, 0.5) is 4.79 Å². The Bertz CT molecular complexity index is 417. The zero-order chi connectivity index (χ0) is 14.7. The van der Waals surface area contributed by atoms with E-state index in [1.165, 1.54) is 23.8 Å². The van der Waals surface area contributed by atoms with E-state index in [-0.39, 0.29) is 17.9 Å². The van der Waals surface area contributed by atoms with Crippen LogP contribution in [0.3, 0.4) is 0 Å². The SMILES string of the molecule is COC(=O)C1CCCN(C(=O)N2CSC[C@H]2C(=O)O)C1. The van der Waals surface area contributed by atoms with Gasteiger partial charge < -0.3 is 19.6 Å². The number of carboxylic acid groups (broad SMARTS) is 1. The van der Waals surface area contributed by atoms with E-state index >= 15 is 0 Å². The molecule has 7 nitrogen and oxygen atoms in total. The van der Waals surface area contributed by atoms with Crippen LogP contribution in [0.1, 0.15) is 12.8 Å². The fraction of sp³-hybridized carbons (Fsp3) is 0.750. The predicted octanol–water partition coefficient (Wildman–Crippen LogP) is 0.451. The van der Waals surface area contributed by atoms with Gasteiger partial charge in [-0.1, -0.05) is 0 Å². The number of esters is 1. The molecule has 2 aliphatic rings. The largest absolute Gasteiger partial charge is 0.480 e. The summed E-state index contributed by atoms with van der Waals surface area (Å²) in [5, 5.41) is 9.11. The molecule has 1 unspecified atom stereocenters. The number of carbonyl (C=O) groups is 3. The zero-order valence-electron chi connectivity index (χ0n) is 11.3. The topological polar surface area (TPSA) is 87.2 Å².